The monoisotopic (exact) mass is 675 g/mol. The SMILES string of the molecule is c1ccc(-c2nc(-c3ccccc3)nc(-c3ccc(-c4cc5ccc6ccccc6c5c5oc6c7ccccc7ccc6c45)c4ccccc34)n2)cc1. The van der Waals surface area contributed by atoms with Gasteiger partial charge < -0.3 is 4.42 Å². The van der Waals surface area contributed by atoms with Gasteiger partial charge in [-0.1, -0.05) is 158 Å². The Morgan fingerprint density at radius 3 is 1.51 bits per heavy atom. The molecular weight excluding hydrogens is 647 g/mol. The number of benzene rings is 9. The first-order chi connectivity index (χ1) is 26.3. The molecule has 4 nitrogen and oxygen atoms in total. The fourth-order valence-corrected chi connectivity index (χ4v) is 8.03. The molecule has 0 saturated heterocycles. The number of rotatable bonds is 4. The van der Waals surface area contributed by atoms with E-state index in [4.69, 9.17) is 19.4 Å². The van der Waals surface area contributed by atoms with Gasteiger partial charge in [-0.25, -0.2) is 15.0 Å². The lowest BCUT2D eigenvalue weighted by molar-refractivity contribution is 0.677. The van der Waals surface area contributed by atoms with Crippen LogP contribution in [0.1, 0.15) is 0 Å². The van der Waals surface area contributed by atoms with Gasteiger partial charge in [0.05, 0.1) is 0 Å². The summed E-state index contributed by atoms with van der Waals surface area (Å²) in [5, 5.41) is 11.3. The van der Waals surface area contributed by atoms with Gasteiger partial charge in [-0.3, -0.25) is 0 Å². The number of hydrogen-bond donors (Lipinski definition) is 0. The standard InChI is InChI=1S/C49H29N3O/c1-3-15-32(16-4-1)47-50-48(33-17-5-2-6-18-33)52-49(51-47)40-28-27-39(37-21-11-12-22-38(37)40)42-29-34-24-23-30-13-7-9-19-35(30)43(34)46-44(42)41-26-25-31-14-8-10-20-36(31)45(41)53-46/h1-29H. The Labute approximate surface area is 304 Å². The minimum absolute atomic E-state index is 0.635. The van der Waals surface area contributed by atoms with Crippen molar-refractivity contribution in [2.75, 3.05) is 0 Å². The molecule has 11 rings (SSSR count). The molecule has 4 heteroatoms. The molecule has 0 aliphatic heterocycles. The maximum atomic E-state index is 7.04. The highest BCUT2D eigenvalue weighted by molar-refractivity contribution is 6.30. The lowest BCUT2D eigenvalue weighted by Crippen LogP contribution is -2.00. The topological polar surface area (TPSA) is 51.8 Å². The zero-order valence-electron chi connectivity index (χ0n) is 28.5. The van der Waals surface area contributed by atoms with Crippen LogP contribution in [0.4, 0.5) is 0 Å². The Bertz CT molecular complexity index is 3160. The van der Waals surface area contributed by atoms with E-state index in [1.165, 1.54) is 10.8 Å². The second kappa shape index (κ2) is 11.7. The van der Waals surface area contributed by atoms with Gasteiger partial charge >= 0.3 is 0 Å². The van der Waals surface area contributed by atoms with Gasteiger partial charge in [-0.15, -0.1) is 0 Å². The average molecular weight is 676 g/mol. The molecule has 9 aromatic carbocycles. The van der Waals surface area contributed by atoms with E-state index >= 15 is 0 Å². The summed E-state index contributed by atoms with van der Waals surface area (Å²) in [5.41, 5.74) is 6.91. The molecular formula is C49H29N3O. The van der Waals surface area contributed by atoms with Crippen LogP contribution in [-0.2, 0) is 0 Å². The van der Waals surface area contributed by atoms with Crippen LogP contribution in [0.25, 0.3) is 110 Å². The smallest absolute Gasteiger partial charge is 0.164 e. The first kappa shape index (κ1) is 29.5. The second-order valence-electron chi connectivity index (χ2n) is 13.5. The van der Waals surface area contributed by atoms with Gasteiger partial charge in [0, 0.05) is 38.2 Å². The Hall–Kier alpha value is -7.17. The van der Waals surface area contributed by atoms with E-state index in [1.807, 2.05) is 60.7 Å². The quantitative estimate of drug-likeness (QED) is 0.174. The Morgan fingerprint density at radius 1 is 0.302 bits per heavy atom. The number of nitrogens with zero attached hydrogens (tertiary/aromatic N) is 3. The molecule has 2 heterocycles. The highest BCUT2D eigenvalue weighted by Gasteiger charge is 2.22. The van der Waals surface area contributed by atoms with Gasteiger partial charge in [0.1, 0.15) is 11.2 Å². The lowest BCUT2D eigenvalue weighted by Gasteiger charge is -2.15. The maximum Gasteiger partial charge on any atom is 0.164 e. The van der Waals surface area contributed by atoms with Crippen molar-refractivity contribution in [3.63, 3.8) is 0 Å². The lowest BCUT2D eigenvalue weighted by atomic mass is 9.89. The summed E-state index contributed by atoms with van der Waals surface area (Å²) in [6.07, 6.45) is 0. The largest absolute Gasteiger partial charge is 0.455 e. The first-order valence-corrected chi connectivity index (χ1v) is 17.9. The molecule has 53 heavy (non-hydrogen) atoms. The van der Waals surface area contributed by atoms with Crippen LogP contribution >= 0.6 is 0 Å². The summed E-state index contributed by atoms with van der Waals surface area (Å²) in [7, 11) is 0. The number of hydrogen-bond acceptors (Lipinski definition) is 4. The summed E-state index contributed by atoms with van der Waals surface area (Å²) in [6, 6.07) is 61.5. The number of furan rings is 1. The van der Waals surface area contributed by atoms with Crippen molar-refractivity contribution < 1.29 is 4.42 Å². The summed E-state index contributed by atoms with van der Waals surface area (Å²) in [6.45, 7) is 0. The fourth-order valence-electron chi connectivity index (χ4n) is 8.03. The average Bonchev–Trinajstić information content (AvgIpc) is 3.64. The molecule has 246 valence electrons. The summed E-state index contributed by atoms with van der Waals surface area (Å²) in [5.74, 6) is 1.92. The van der Waals surface area contributed by atoms with Gasteiger partial charge in [0.2, 0.25) is 0 Å². The minimum Gasteiger partial charge on any atom is -0.455 e. The molecule has 0 bridgehead atoms. The molecule has 0 aliphatic carbocycles. The van der Waals surface area contributed by atoms with Crippen LogP contribution in [0.15, 0.2) is 180 Å². The molecule has 0 saturated carbocycles. The van der Waals surface area contributed by atoms with Gasteiger partial charge in [-0.05, 0) is 61.6 Å². The normalized spacial score (nSPS) is 11.8. The zero-order valence-corrected chi connectivity index (χ0v) is 28.5. The van der Waals surface area contributed by atoms with E-state index in [2.05, 4.69) is 115 Å². The van der Waals surface area contributed by atoms with Crippen LogP contribution in [0, 0.1) is 0 Å². The van der Waals surface area contributed by atoms with E-state index in [0.29, 0.717) is 17.5 Å². The van der Waals surface area contributed by atoms with Gasteiger partial charge in [-0.2, -0.15) is 0 Å². The van der Waals surface area contributed by atoms with E-state index in [1.54, 1.807) is 0 Å². The molecule has 0 fully saturated rings. The van der Waals surface area contributed by atoms with Crippen molar-refractivity contribution >= 4 is 65.0 Å². The molecule has 2 aromatic heterocycles. The summed E-state index contributed by atoms with van der Waals surface area (Å²) < 4.78 is 7.04. The predicted octanol–water partition coefficient (Wildman–Crippen LogP) is 13.1. The number of fused-ring (bicyclic) bond motifs is 10. The highest BCUT2D eigenvalue weighted by atomic mass is 16.3. The van der Waals surface area contributed by atoms with Crippen molar-refractivity contribution in [2.45, 2.75) is 0 Å². The molecule has 0 radical (unpaired) electrons. The molecule has 0 unspecified atom stereocenters. The molecule has 0 spiro atoms. The van der Waals surface area contributed by atoms with Crippen molar-refractivity contribution in [3.05, 3.63) is 176 Å². The minimum atomic E-state index is 0.635. The van der Waals surface area contributed by atoms with Crippen LogP contribution in [0.3, 0.4) is 0 Å². The van der Waals surface area contributed by atoms with Crippen molar-refractivity contribution in [2.24, 2.45) is 0 Å². The Balaban J connectivity index is 1.21. The zero-order chi connectivity index (χ0) is 34.9. The van der Waals surface area contributed by atoms with Gasteiger partial charge in [0.25, 0.3) is 0 Å². The molecule has 11 aromatic rings. The number of aromatic nitrogens is 3. The van der Waals surface area contributed by atoms with E-state index in [-0.39, 0.29) is 0 Å². The first-order valence-electron chi connectivity index (χ1n) is 17.9. The highest BCUT2D eigenvalue weighted by Crippen LogP contribution is 2.47. The Kier molecular flexibility index (Phi) is 6.52. The van der Waals surface area contributed by atoms with Crippen LogP contribution in [0.2, 0.25) is 0 Å². The molecule has 0 N–H and O–H groups in total. The third kappa shape index (κ3) is 4.66. The van der Waals surface area contributed by atoms with Crippen LogP contribution < -0.4 is 0 Å². The fraction of sp³-hybridized carbons (Fsp3) is 0. The maximum absolute atomic E-state index is 7.04. The Morgan fingerprint density at radius 2 is 0.811 bits per heavy atom. The second-order valence-corrected chi connectivity index (χ2v) is 13.5. The van der Waals surface area contributed by atoms with Crippen molar-refractivity contribution in [3.8, 4) is 45.3 Å². The van der Waals surface area contributed by atoms with Crippen LogP contribution in [0.5, 0.6) is 0 Å². The van der Waals surface area contributed by atoms with Gasteiger partial charge in [0.15, 0.2) is 17.5 Å². The van der Waals surface area contributed by atoms with E-state index in [9.17, 15) is 0 Å². The molecule has 0 atom stereocenters. The van der Waals surface area contributed by atoms with E-state index in [0.717, 1.165) is 82.1 Å². The van der Waals surface area contributed by atoms with Crippen molar-refractivity contribution in [1.29, 1.82) is 0 Å². The predicted molar refractivity (Wildman–Crippen MR) is 219 cm³/mol. The van der Waals surface area contributed by atoms with Crippen LogP contribution in [-0.4, -0.2) is 15.0 Å². The molecule has 0 amide bonds. The van der Waals surface area contributed by atoms with E-state index < -0.39 is 0 Å². The third-order valence-corrected chi connectivity index (χ3v) is 10.5. The summed E-state index contributed by atoms with van der Waals surface area (Å²) >= 11 is 0. The molecule has 0 aliphatic rings. The summed E-state index contributed by atoms with van der Waals surface area (Å²) in [4.78, 5) is 15.1. The van der Waals surface area contributed by atoms with Crippen molar-refractivity contribution in [1.82, 2.24) is 15.0 Å². The third-order valence-electron chi connectivity index (χ3n) is 10.5.